The number of aromatic nitrogens is 1. The summed E-state index contributed by atoms with van der Waals surface area (Å²) in [5.74, 6) is -0.817. The largest absolute Gasteiger partial charge is 0.481 e. The molecule has 5 heteroatoms. The van der Waals surface area contributed by atoms with Gasteiger partial charge in [-0.3, -0.25) is 4.79 Å². The molecule has 3 aromatic rings. The van der Waals surface area contributed by atoms with Gasteiger partial charge >= 0.3 is 5.97 Å². The van der Waals surface area contributed by atoms with E-state index in [0.29, 0.717) is 0 Å². The number of aryl methyl sites for hydroxylation is 1. The lowest BCUT2D eigenvalue weighted by atomic mass is 10.2. The van der Waals surface area contributed by atoms with Crippen LogP contribution in [0.5, 0.6) is 0 Å². The van der Waals surface area contributed by atoms with Crippen LogP contribution < -0.4 is 0 Å². The predicted octanol–water partition coefficient (Wildman–Crippen LogP) is 4.92. The molecule has 0 aliphatic heterocycles. The van der Waals surface area contributed by atoms with Gasteiger partial charge in [0.05, 0.1) is 11.9 Å². The number of carbonyl (C=O) groups is 1. The number of carboxylic acid groups (broad SMARTS) is 1. The summed E-state index contributed by atoms with van der Waals surface area (Å²) < 4.78 is 2.13. The summed E-state index contributed by atoms with van der Waals surface area (Å²) in [5.41, 5.74) is 3.07. The lowest BCUT2D eigenvalue weighted by Gasteiger charge is -2.05. The highest BCUT2D eigenvalue weighted by molar-refractivity contribution is 7.99. The van der Waals surface area contributed by atoms with Crippen LogP contribution in [-0.2, 0) is 18.3 Å². The van der Waals surface area contributed by atoms with Crippen molar-refractivity contribution in [1.29, 1.82) is 0 Å². The van der Waals surface area contributed by atoms with Crippen LogP contribution in [0.2, 0.25) is 5.02 Å². The van der Waals surface area contributed by atoms with Crippen molar-refractivity contribution in [3.8, 4) is 0 Å². The summed E-state index contributed by atoms with van der Waals surface area (Å²) >= 11 is 7.76. The zero-order chi connectivity index (χ0) is 16.6. The summed E-state index contributed by atoms with van der Waals surface area (Å²) in [6.07, 6.45) is 0.0402. The van der Waals surface area contributed by atoms with Gasteiger partial charge in [-0.15, -0.1) is 0 Å². The van der Waals surface area contributed by atoms with Crippen molar-refractivity contribution in [3.05, 3.63) is 58.7 Å². The molecule has 0 aliphatic carbocycles. The number of hydrogen-bond acceptors (Lipinski definition) is 2. The quantitative estimate of drug-likeness (QED) is 0.729. The summed E-state index contributed by atoms with van der Waals surface area (Å²) in [4.78, 5) is 13.1. The average Bonchev–Trinajstić information content (AvgIpc) is 2.72. The van der Waals surface area contributed by atoms with E-state index in [9.17, 15) is 4.79 Å². The molecule has 0 spiro atoms. The maximum atomic E-state index is 10.9. The van der Waals surface area contributed by atoms with Crippen LogP contribution >= 0.6 is 23.4 Å². The fourth-order valence-electron chi connectivity index (χ4n) is 2.64. The molecule has 2 aromatic carbocycles. The average molecular weight is 346 g/mol. The lowest BCUT2D eigenvalue weighted by Crippen LogP contribution is -1.99. The summed E-state index contributed by atoms with van der Waals surface area (Å²) in [6, 6.07) is 13.6. The van der Waals surface area contributed by atoms with E-state index in [2.05, 4.69) is 11.5 Å². The highest BCUT2D eigenvalue weighted by atomic mass is 35.5. The van der Waals surface area contributed by atoms with Crippen molar-refractivity contribution in [1.82, 2.24) is 4.57 Å². The van der Waals surface area contributed by atoms with Crippen LogP contribution in [0.25, 0.3) is 10.9 Å². The Morgan fingerprint density at radius 1 is 1.26 bits per heavy atom. The zero-order valence-electron chi connectivity index (χ0n) is 12.8. The number of hydrogen-bond donors (Lipinski definition) is 1. The van der Waals surface area contributed by atoms with Crippen molar-refractivity contribution in [2.24, 2.45) is 7.05 Å². The second kappa shape index (κ2) is 6.30. The van der Waals surface area contributed by atoms with Crippen LogP contribution in [0, 0.1) is 6.92 Å². The Kier molecular flexibility index (Phi) is 4.37. The van der Waals surface area contributed by atoms with E-state index >= 15 is 0 Å². The number of rotatable bonds is 4. The number of halogens is 1. The predicted molar refractivity (Wildman–Crippen MR) is 94.6 cm³/mol. The normalized spacial score (nSPS) is 11.1. The van der Waals surface area contributed by atoms with E-state index in [0.717, 1.165) is 32.1 Å². The van der Waals surface area contributed by atoms with E-state index < -0.39 is 5.97 Å². The van der Waals surface area contributed by atoms with Gasteiger partial charge in [0.25, 0.3) is 0 Å². The van der Waals surface area contributed by atoms with Crippen LogP contribution in [-0.4, -0.2) is 15.6 Å². The third-order valence-electron chi connectivity index (χ3n) is 3.87. The van der Waals surface area contributed by atoms with Gasteiger partial charge < -0.3 is 9.67 Å². The van der Waals surface area contributed by atoms with Crippen molar-refractivity contribution in [3.63, 3.8) is 0 Å². The van der Waals surface area contributed by atoms with Crippen LogP contribution in [0.4, 0.5) is 0 Å². The molecule has 0 atom stereocenters. The van der Waals surface area contributed by atoms with E-state index in [-0.39, 0.29) is 6.42 Å². The number of aliphatic carboxylic acids is 1. The molecule has 118 valence electrons. The molecule has 0 saturated carbocycles. The molecule has 0 unspecified atom stereocenters. The second-order valence-electron chi connectivity index (χ2n) is 5.46. The molecular formula is C18H16ClNO2S. The first-order valence-corrected chi connectivity index (χ1v) is 8.38. The van der Waals surface area contributed by atoms with Crippen LogP contribution in [0.3, 0.4) is 0 Å². The molecule has 0 bridgehead atoms. The molecule has 1 aromatic heterocycles. The molecular weight excluding hydrogens is 330 g/mol. The van der Waals surface area contributed by atoms with Gasteiger partial charge in [0.1, 0.15) is 0 Å². The number of fused-ring (bicyclic) bond motifs is 1. The third-order valence-corrected chi connectivity index (χ3v) is 5.32. The van der Waals surface area contributed by atoms with E-state index in [4.69, 9.17) is 16.7 Å². The van der Waals surface area contributed by atoms with Crippen molar-refractivity contribution in [2.45, 2.75) is 23.1 Å². The van der Waals surface area contributed by atoms with Gasteiger partial charge in [-0.25, -0.2) is 0 Å². The monoisotopic (exact) mass is 345 g/mol. The van der Waals surface area contributed by atoms with Gasteiger partial charge in [-0.2, -0.15) is 0 Å². The molecule has 3 rings (SSSR count). The van der Waals surface area contributed by atoms with Gasteiger partial charge in [-0.05, 0) is 36.8 Å². The van der Waals surface area contributed by atoms with E-state index in [1.54, 1.807) is 11.8 Å². The molecule has 23 heavy (non-hydrogen) atoms. The Hall–Kier alpha value is -1.91. The number of benzene rings is 2. The molecule has 0 radical (unpaired) electrons. The van der Waals surface area contributed by atoms with Gasteiger partial charge in [-0.1, -0.05) is 41.6 Å². The summed E-state index contributed by atoms with van der Waals surface area (Å²) in [6.45, 7) is 2.08. The SMILES string of the molecule is Cc1c(Sc2cccc(CC(=O)O)c2)c2ccc(Cl)cc2n1C. The molecule has 3 nitrogen and oxygen atoms in total. The van der Waals surface area contributed by atoms with E-state index in [1.807, 2.05) is 49.5 Å². The maximum absolute atomic E-state index is 10.9. The molecule has 0 saturated heterocycles. The topological polar surface area (TPSA) is 42.2 Å². The van der Waals surface area contributed by atoms with Crippen molar-refractivity contribution < 1.29 is 9.90 Å². The number of carboxylic acids is 1. The highest BCUT2D eigenvalue weighted by Gasteiger charge is 2.14. The van der Waals surface area contributed by atoms with Crippen molar-refractivity contribution in [2.75, 3.05) is 0 Å². The third kappa shape index (κ3) is 3.23. The molecule has 0 aliphatic rings. The van der Waals surface area contributed by atoms with Gasteiger partial charge in [0, 0.05) is 32.9 Å². The van der Waals surface area contributed by atoms with Crippen molar-refractivity contribution >= 4 is 40.2 Å². The van der Waals surface area contributed by atoms with Crippen LogP contribution in [0.1, 0.15) is 11.3 Å². The first-order valence-electron chi connectivity index (χ1n) is 7.19. The Labute approximate surface area is 143 Å². The van der Waals surface area contributed by atoms with E-state index in [1.165, 1.54) is 4.90 Å². The minimum atomic E-state index is -0.817. The second-order valence-corrected chi connectivity index (χ2v) is 6.98. The molecule has 0 fully saturated rings. The van der Waals surface area contributed by atoms with Crippen LogP contribution in [0.15, 0.2) is 52.3 Å². The van der Waals surface area contributed by atoms with Gasteiger partial charge in [0.2, 0.25) is 0 Å². The molecule has 1 heterocycles. The Morgan fingerprint density at radius 3 is 2.78 bits per heavy atom. The smallest absolute Gasteiger partial charge is 0.307 e. The first-order chi connectivity index (χ1) is 11.0. The minimum absolute atomic E-state index is 0.0402. The lowest BCUT2D eigenvalue weighted by molar-refractivity contribution is -0.136. The molecule has 0 amide bonds. The maximum Gasteiger partial charge on any atom is 0.307 e. The fourth-order valence-corrected chi connectivity index (χ4v) is 3.97. The molecule has 1 N–H and O–H groups in total. The minimum Gasteiger partial charge on any atom is -0.481 e. The fraction of sp³-hybridized carbons (Fsp3) is 0.167. The standard InChI is InChI=1S/C18H16ClNO2S/c1-11-18(15-7-6-13(19)10-16(15)20(11)2)23-14-5-3-4-12(8-14)9-17(21)22/h3-8,10H,9H2,1-2H3,(H,21,22). The van der Waals surface area contributed by atoms with Gasteiger partial charge in [0.15, 0.2) is 0 Å². The Morgan fingerprint density at radius 2 is 2.04 bits per heavy atom. The highest BCUT2D eigenvalue weighted by Crippen LogP contribution is 2.38. The Bertz CT molecular complexity index is 901. The summed E-state index contributed by atoms with van der Waals surface area (Å²) in [5, 5.41) is 10.8. The number of nitrogens with zero attached hydrogens (tertiary/aromatic N) is 1. The first kappa shape index (κ1) is 16.0. The Balaban J connectivity index is 2.02. The zero-order valence-corrected chi connectivity index (χ0v) is 14.4. The summed E-state index contributed by atoms with van der Waals surface area (Å²) in [7, 11) is 2.03.